The molecule has 2 aromatic rings. The van der Waals surface area contributed by atoms with Crippen LogP contribution in [0.2, 0.25) is 0 Å². The standard InChI is InChI=1S/C23H26N2O4/c1-15-11-12-17(14-19(15)24-20(26)16-8-4-3-5-9-16)21(27)25-23(2)13-7-6-10-18(23)22(28)29/h3-5,8-9,11-12,14,18H,6-7,10,13H2,1-2H3,(H,24,26)(H,25,27)(H,28,29). The van der Waals surface area contributed by atoms with Crippen molar-refractivity contribution < 1.29 is 19.5 Å². The van der Waals surface area contributed by atoms with Gasteiger partial charge >= 0.3 is 5.97 Å². The van der Waals surface area contributed by atoms with E-state index in [-0.39, 0.29) is 11.8 Å². The fourth-order valence-electron chi connectivity index (χ4n) is 3.89. The maximum atomic E-state index is 12.9. The van der Waals surface area contributed by atoms with Crippen molar-refractivity contribution in [2.24, 2.45) is 5.92 Å². The van der Waals surface area contributed by atoms with Crippen molar-refractivity contribution in [3.8, 4) is 0 Å². The molecule has 0 heterocycles. The average molecular weight is 394 g/mol. The van der Waals surface area contributed by atoms with Gasteiger partial charge in [0.2, 0.25) is 0 Å². The van der Waals surface area contributed by atoms with E-state index < -0.39 is 17.4 Å². The third kappa shape index (κ3) is 4.65. The molecule has 0 spiro atoms. The number of nitrogens with one attached hydrogen (secondary N) is 2. The molecule has 3 N–H and O–H groups in total. The molecular formula is C23H26N2O4. The number of carboxylic acids is 1. The normalized spacial score (nSPS) is 21.2. The first-order valence-electron chi connectivity index (χ1n) is 9.82. The molecule has 152 valence electrons. The Labute approximate surface area is 170 Å². The Morgan fingerprint density at radius 3 is 2.41 bits per heavy atom. The molecule has 2 aromatic carbocycles. The lowest BCUT2D eigenvalue weighted by Crippen LogP contribution is -2.55. The molecule has 2 atom stereocenters. The minimum Gasteiger partial charge on any atom is -0.481 e. The zero-order valence-corrected chi connectivity index (χ0v) is 16.7. The Morgan fingerprint density at radius 2 is 1.72 bits per heavy atom. The number of hydrogen-bond donors (Lipinski definition) is 3. The van der Waals surface area contributed by atoms with Gasteiger partial charge in [0.15, 0.2) is 0 Å². The second-order valence-corrected chi connectivity index (χ2v) is 7.86. The van der Waals surface area contributed by atoms with Crippen LogP contribution in [0.25, 0.3) is 0 Å². The van der Waals surface area contributed by atoms with Crippen LogP contribution in [0.3, 0.4) is 0 Å². The Morgan fingerprint density at radius 1 is 1.00 bits per heavy atom. The molecule has 29 heavy (non-hydrogen) atoms. The molecule has 3 rings (SSSR count). The largest absolute Gasteiger partial charge is 0.481 e. The van der Waals surface area contributed by atoms with Crippen LogP contribution < -0.4 is 10.6 Å². The van der Waals surface area contributed by atoms with Gasteiger partial charge in [-0.2, -0.15) is 0 Å². The van der Waals surface area contributed by atoms with Gasteiger partial charge in [0, 0.05) is 16.8 Å². The number of carbonyl (C=O) groups is 3. The molecule has 6 nitrogen and oxygen atoms in total. The van der Waals surface area contributed by atoms with Gasteiger partial charge in [-0.1, -0.05) is 37.1 Å². The summed E-state index contributed by atoms with van der Waals surface area (Å²) in [7, 11) is 0. The summed E-state index contributed by atoms with van der Waals surface area (Å²) < 4.78 is 0. The highest BCUT2D eigenvalue weighted by atomic mass is 16.4. The Balaban J connectivity index is 1.79. The van der Waals surface area contributed by atoms with Gasteiger partial charge in [0.25, 0.3) is 11.8 Å². The monoisotopic (exact) mass is 394 g/mol. The Kier molecular flexibility index (Phi) is 6.01. The van der Waals surface area contributed by atoms with Crippen LogP contribution in [-0.2, 0) is 4.79 Å². The highest BCUT2D eigenvalue weighted by molar-refractivity contribution is 6.05. The number of benzene rings is 2. The number of carboxylic acid groups (broad SMARTS) is 1. The Bertz CT molecular complexity index is 926. The summed E-state index contributed by atoms with van der Waals surface area (Å²) in [4.78, 5) is 37.0. The lowest BCUT2D eigenvalue weighted by atomic mass is 9.73. The smallest absolute Gasteiger partial charge is 0.308 e. The second kappa shape index (κ2) is 8.47. The van der Waals surface area contributed by atoms with Gasteiger partial charge in [0.05, 0.1) is 11.5 Å². The van der Waals surface area contributed by atoms with E-state index in [0.29, 0.717) is 29.7 Å². The van der Waals surface area contributed by atoms with E-state index in [4.69, 9.17) is 0 Å². The van der Waals surface area contributed by atoms with Crippen LogP contribution in [0, 0.1) is 12.8 Å². The van der Waals surface area contributed by atoms with Crippen LogP contribution in [0.5, 0.6) is 0 Å². The van der Waals surface area contributed by atoms with E-state index in [0.717, 1.165) is 18.4 Å². The van der Waals surface area contributed by atoms with Crippen molar-refractivity contribution in [1.29, 1.82) is 0 Å². The maximum absolute atomic E-state index is 12.9. The first-order valence-corrected chi connectivity index (χ1v) is 9.82. The minimum absolute atomic E-state index is 0.253. The van der Waals surface area contributed by atoms with Gasteiger partial charge in [0.1, 0.15) is 0 Å². The van der Waals surface area contributed by atoms with E-state index in [9.17, 15) is 19.5 Å². The summed E-state index contributed by atoms with van der Waals surface area (Å²) in [6.07, 6.45) is 2.91. The quantitative estimate of drug-likeness (QED) is 0.714. The third-order valence-corrected chi connectivity index (χ3v) is 5.69. The van der Waals surface area contributed by atoms with Crippen LogP contribution in [0.4, 0.5) is 5.69 Å². The average Bonchev–Trinajstić information content (AvgIpc) is 2.70. The van der Waals surface area contributed by atoms with E-state index in [1.165, 1.54) is 0 Å². The van der Waals surface area contributed by atoms with Gasteiger partial charge in [-0.15, -0.1) is 0 Å². The van der Waals surface area contributed by atoms with E-state index in [2.05, 4.69) is 10.6 Å². The highest BCUT2D eigenvalue weighted by Gasteiger charge is 2.42. The molecule has 6 heteroatoms. The lowest BCUT2D eigenvalue weighted by Gasteiger charge is -2.39. The van der Waals surface area contributed by atoms with Gasteiger partial charge in [-0.3, -0.25) is 14.4 Å². The third-order valence-electron chi connectivity index (χ3n) is 5.69. The summed E-state index contributed by atoms with van der Waals surface area (Å²) in [5.41, 5.74) is 1.50. The number of carbonyl (C=O) groups excluding carboxylic acids is 2. The van der Waals surface area contributed by atoms with Crippen LogP contribution in [0.1, 0.15) is 58.9 Å². The number of aryl methyl sites for hydroxylation is 1. The van der Waals surface area contributed by atoms with Crippen molar-refractivity contribution in [3.63, 3.8) is 0 Å². The predicted molar refractivity (Wildman–Crippen MR) is 111 cm³/mol. The van der Waals surface area contributed by atoms with E-state index in [1.807, 2.05) is 13.0 Å². The zero-order chi connectivity index (χ0) is 21.0. The number of rotatable bonds is 5. The highest BCUT2D eigenvalue weighted by Crippen LogP contribution is 2.34. The first-order chi connectivity index (χ1) is 13.8. The van der Waals surface area contributed by atoms with Crippen LogP contribution in [0.15, 0.2) is 48.5 Å². The Hall–Kier alpha value is -3.15. The van der Waals surface area contributed by atoms with Crippen molar-refractivity contribution in [2.75, 3.05) is 5.32 Å². The van der Waals surface area contributed by atoms with Crippen molar-refractivity contribution in [1.82, 2.24) is 5.32 Å². The second-order valence-electron chi connectivity index (χ2n) is 7.86. The summed E-state index contributed by atoms with van der Waals surface area (Å²) in [6.45, 7) is 3.65. The molecule has 1 fully saturated rings. The minimum atomic E-state index is -0.882. The molecule has 0 aromatic heterocycles. The van der Waals surface area contributed by atoms with Gasteiger partial charge < -0.3 is 15.7 Å². The zero-order valence-electron chi connectivity index (χ0n) is 16.7. The number of amides is 2. The molecule has 1 aliphatic carbocycles. The molecule has 0 bridgehead atoms. The number of anilines is 1. The van der Waals surface area contributed by atoms with Gasteiger partial charge in [-0.25, -0.2) is 0 Å². The molecule has 0 radical (unpaired) electrons. The van der Waals surface area contributed by atoms with Crippen molar-refractivity contribution in [2.45, 2.75) is 45.1 Å². The lowest BCUT2D eigenvalue weighted by molar-refractivity contribution is -0.145. The van der Waals surface area contributed by atoms with Gasteiger partial charge in [-0.05, 0) is 56.5 Å². The SMILES string of the molecule is Cc1ccc(C(=O)NC2(C)CCCCC2C(=O)O)cc1NC(=O)c1ccccc1. The molecule has 2 amide bonds. The topological polar surface area (TPSA) is 95.5 Å². The molecular weight excluding hydrogens is 368 g/mol. The summed E-state index contributed by atoms with van der Waals surface area (Å²) in [5, 5.41) is 15.3. The van der Waals surface area contributed by atoms with Crippen molar-refractivity contribution in [3.05, 3.63) is 65.2 Å². The predicted octanol–water partition coefficient (Wildman–Crippen LogP) is 4.01. The fraction of sp³-hybridized carbons (Fsp3) is 0.348. The van der Waals surface area contributed by atoms with Crippen molar-refractivity contribution >= 4 is 23.5 Å². The van der Waals surface area contributed by atoms with Crippen LogP contribution >= 0.6 is 0 Å². The molecule has 1 saturated carbocycles. The molecule has 0 aliphatic heterocycles. The number of aliphatic carboxylic acids is 1. The molecule has 0 saturated heterocycles. The first kappa shape index (κ1) is 20.6. The number of hydrogen-bond acceptors (Lipinski definition) is 3. The van der Waals surface area contributed by atoms with E-state index in [1.54, 1.807) is 49.4 Å². The summed E-state index contributed by atoms with van der Waals surface area (Å²) in [5.74, 6) is -2.08. The summed E-state index contributed by atoms with van der Waals surface area (Å²) >= 11 is 0. The molecule has 1 aliphatic rings. The van der Waals surface area contributed by atoms with E-state index >= 15 is 0 Å². The fourth-order valence-corrected chi connectivity index (χ4v) is 3.89. The maximum Gasteiger partial charge on any atom is 0.308 e. The molecule has 2 unspecified atom stereocenters. The van der Waals surface area contributed by atoms with Crippen LogP contribution in [-0.4, -0.2) is 28.4 Å². The summed E-state index contributed by atoms with van der Waals surface area (Å²) in [6, 6.07) is 13.9.